The largest absolute Gasteiger partial charge is 0.493 e. The summed E-state index contributed by atoms with van der Waals surface area (Å²) in [5.41, 5.74) is 5.41. The Hall–Kier alpha value is -4.26. The van der Waals surface area contributed by atoms with Gasteiger partial charge in [0.15, 0.2) is 11.5 Å². The molecule has 1 N–H and O–H groups in total. The minimum Gasteiger partial charge on any atom is -0.493 e. The lowest BCUT2D eigenvalue weighted by Crippen LogP contribution is -2.15. The molecular formula is C31H34N2O5. The molecule has 4 rings (SSSR count). The van der Waals surface area contributed by atoms with Crippen LogP contribution in [0, 0.1) is 13.8 Å². The number of fused-ring (bicyclic) bond motifs is 1. The van der Waals surface area contributed by atoms with Crippen molar-refractivity contribution in [3.05, 3.63) is 83.0 Å². The molecule has 0 spiro atoms. The van der Waals surface area contributed by atoms with Crippen molar-refractivity contribution in [2.24, 2.45) is 0 Å². The highest BCUT2D eigenvalue weighted by molar-refractivity contribution is 5.89. The molecule has 0 radical (unpaired) electrons. The molecule has 0 aliphatic heterocycles. The average molecular weight is 515 g/mol. The van der Waals surface area contributed by atoms with Crippen LogP contribution in [0.1, 0.15) is 43.0 Å². The Kier molecular flexibility index (Phi) is 7.76. The summed E-state index contributed by atoms with van der Waals surface area (Å²) in [6, 6.07) is 17.2. The molecule has 0 atom stereocenters. The van der Waals surface area contributed by atoms with Crippen molar-refractivity contribution in [1.82, 2.24) is 4.98 Å². The number of nitrogens with one attached hydrogen (secondary N) is 1. The maximum absolute atomic E-state index is 12.5. The van der Waals surface area contributed by atoms with Crippen molar-refractivity contribution in [3.8, 4) is 23.0 Å². The van der Waals surface area contributed by atoms with Gasteiger partial charge >= 0.3 is 6.09 Å². The van der Waals surface area contributed by atoms with Gasteiger partial charge in [0, 0.05) is 23.3 Å². The number of hydrogen-bond acceptors (Lipinski definition) is 6. The summed E-state index contributed by atoms with van der Waals surface area (Å²) in [7, 11) is 3.18. The number of ether oxygens (including phenoxy) is 4. The number of rotatable bonds is 7. The summed E-state index contributed by atoms with van der Waals surface area (Å²) in [6.07, 6.45) is 1.18. The summed E-state index contributed by atoms with van der Waals surface area (Å²) in [5, 5.41) is 3.64. The second-order valence-corrected chi connectivity index (χ2v) is 10.1. The molecule has 0 fully saturated rings. The molecule has 0 saturated carbocycles. The lowest BCUT2D eigenvalue weighted by molar-refractivity contribution is 0.155. The van der Waals surface area contributed by atoms with Gasteiger partial charge in [0.05, 0.1) is 19.7 Å². The smallest absolute Gasteiger partial charge is 0.411 e. The monoisotopic (exact) mass is 514 g/mol. The van der Waals surface area contributed by atoms with Crippen molar-refractivity contribution in [3.63, 3.8) is 0 Å². The molecule has 0 aliphatic rings. The Labute approximate surface area is 223 Å². The number of anilines is 1. The Balaban J connectivity index is 1.47. The van der Waals surface area contributed by atoms with E-state index in [-0.39, 0.29) is 12.0 Å². The highest BCUT2D eigenvalue weighted by Gasteiger charge is 2.16. The second-order valence-electron chi connectivity index (χ2n) is 10.1. The van der Waals surface area contributed by atoms with E-state index in [1.165, 1.54) is 5.56 Å². The molecular weight excluding hydrogens is 480 g/mol. The van der Waals surface area contributed by atoms with Crippen molar-refractivity contribution >= 4 is 22.7 Å². The maximum Gasteiger partial charge on any atom is 0.411 e. The highest BCUT2D eigenvalue weighted by atomic mass is 16.5. The molecule has 4 aromatic rings. The van der Waals surface area contributed by atoms with Crippen molar-refractivity contribution in [1.29, 1.82) is 0 Å². The van der Waals surface area contributed by atoms with Crippen molar-refractivity contribution in [2.75, 3.05) is 19.5 Å². The molecule has 3 aromatic carbocycles. The number of nitrogens with zero attached hydrogens (tertiary/aromatic N) is 1. The van der Waals surface area contributed by atoms with E-state index in [1.807, 2.05) is 50.2 Å². The molecule has 7 nitrogen and oxygen atoms in total. The highest BCUT2D eigenvalue weighted by Crippen LogP contribution is 2.38. The quantitative estimate of drug-likeness (QED) is 0.272. The van der Waals surface area contributed by atoms with E-state index < -0.39 is 6.09 Å². The van der Waals surface area contributed by atoms with Crippen LogP contribution in [0.3, 0.4) is 0 Å². The van der Waals surface area contributed by atoms with Crippen LogP contribution in [0.2, 0.25) is 0 Å². The van der Waals surface area contributed by atoms with Crippen LogP contribution in [0.4, 0.5) is 10.5 Å². The third-order valence-corrected chi connectivity index (χ3v) is 6.59. The van der Waals surface area contributed by atoms with Crippen LogP contribution < -0.4 is 19.5 Å². The summed E-state index contributed by atoms with van der Waals surface area (Å²) < 4.78 is 22.6. The first-order valence-electron chi connectivity index (χ1n) is 12.4. The number of carbonyl (C=O) groups is 1. The van der Waals surface area contributed by atoms with Gasteiger partial charge < -0.3 is 18.9 Å². The number of hydrogen-bond donors (Lipinski definition) is 1. The number of aromatic nitrogens is 1. The lowest BCUT2D eigenvalue weighted by Gasteiger charge is -2.19. The number of carbonyl (C=O) groups excluding carboxylic acids is 1. The summed E-state index contributed by atoms with van der Waals surface area (Å²) in [6.45, 7) is 10.6. The number of methoxy groups -OCH3 is 2. The molecule has 38 heavy (non-hydrogen) atoms. The van der Waals surface area contributed by atoms with Gasteiger partial charge in [-0.1, -0.05) is 45.0 Å². The van der Waals surface area contributed by atoms with Crippen LogP contribution in [0.15, 0.2) is 60.8 Å². The van der Waals surface area contributed by atoms with Crippen LogP contribution in [-0.2, 0) is 16.8 Å². The Morgan fingerprint density at radius 1 is 0.842 bits per heavy atom. The Morgan fingerprint density at radius 3 is 2.18 bits per heavy atom. The fourth-order valence-electron chi connectivity index (χ4n) is 4.09. The average Bonchev–Trinajstić information content (AvgIpc) is 2.90. The standard InChI is InChI=1S/C31H34N2O5/c1-19-20(2)26(38-27-14-15-32-25-17-29(36-7)28(35-6)16-23(25)27)13-12-24(19)33-30(34)37-18-21-8-10-22(11-9-21)31(3,4)5/h8-17H,18H2,1-7H3,(H,33,34). The van der Waals surface area contributed by atoms with Crippen LogP contribution >= 0.6 is 0 Å². The van der Waals surface area contributed by atoms with Gasteiger partial charge in [-0.3, -0.25) is 10.3 Å². The molecule has 1 amide bonds. The SMILES string of the molecule is COc1cc2nccc(Oc3ccc(NC(=O)OCc4ccc(C(C)(C)C)cc4)c(C)c3C)c2cc1OC. The van der Waals surface area contributed by atoms with E-state index in [0.717, 1.165) is 27.6 Å². The molecule has 0 bridgehead atoms. The molecule has 1 heterocycles. The molecule has 198 valence electrons. The predicted octanol–water partition coefficient (Wildman–Crippen LogP) is 7.71. The summed E-state index contributed by atoms with van der Waals surface area (Å²) >= 11 is 0. The van der Waals surface area contributed by atoms with Gasteiger partial charge in [0.2, 0.25) is 0 Å². The third kappa shape index (κ3) is 5.83. The van der Waals surface area contributed by atoms with Crippen LogP contribution in [-0.4, -0.2) is 25.3 Å². The topological polar surface area (TPSA) is 78.9 Å². The van der Waals surface area contributed by atoms with Gasteiger partial charge in [-0.05, 0) is 65.8 Å². The normalized spacial score (nSPS) is 11.2. The van der Waals surface area contributed by atoms with E-state index in [9.17, 15) is 4.79 Å². The third-order valence-electron chi connectivity index (χ3n) is 6.59. The van der Waals surface area contributed by atoms with Crippen LogP contribution in [0.5, 0.6) is 23.0 Å². The zero-order valence-electron chi connectivity index (χ0n) is 23.0. The van der Waals surface area contributed by atoms with Crippen LogP contribution in [0.25, 0.3) is 10.9 Å². The van der Waals surface area contributed by atoms with E-state index in [2.05, 4.69) is 43.2 Å². The first-order chi connectivity index (χ1) is 18.1. The zero-order valence-corrected chi connectivity index (χ0v) is 23.0. The zero-order chi connectivity index (χ0) is 27.4. The van der Waals surface area contributed by atoms with E-state index >= 15 is 0 Å². The second kappa shape index (κ2) is 11.0. The number of amides is 1. The van der Waals surface area contributed by atoms with E-state index in [0.29, 0.717) is 28.7 Å². The molecule has 7 heteroatoms. The minimum atomic E-state index is -0.512. The minimum absolute atomic E-state index is 0.0763. The van der Waals surface area contributed by atoms with Crippen molar-refractivity contribution in [2.45, 2.75) is 46.6 Å². The lowest BCUT2D eigenvalue weighted by atomic mass is 9.87. The molecule has 0 unspecified atom stereocenters. The van der Waals surface area contributed by atoms with E-state index in [1.54, 1.807) is 26.5 Å². The Morgan fingerprint density at radius 2 is 1.53 bits per heavy atom. The summed E-state index contributed by atoms with van der Waals surface area (Å²) in [4.78, 5) is 16.9. The van der Waals surface area contributed by atoms with Gasteiger partial charge in [-0.15, -0.1) is 0 Å². The predicted molar refractivity (Wildman–Crippen MR) is 150 cm³/mol. The first kappa shape index (κ1) is 26.8. The van der Waals surface area contributed by atoms with Gasteiger partial charge in [-0.25, -0.2) is 4.79 Å². The fraction of sp³-hybridized carbons (Fsp3) is 0.290. The van der Waals surface area contributed by atoms with Gasteiger partial charge in [0.25, 0.3) is 0 Å². The maximum atomic E-state index is 12.5. The molecule has 0 saturated heterocycles. The number of benzene rings is 3. The van der Waals surface area contributed by atoms with Gasteiger partial charge in [0.1, 0.15) is 18.1 Å². The van der Waals surface area contributed by atoms with Gasteiger partial charge in [-0.2, -0.15) is 0 Å². The summed E-state index contributed by atoms with van der Waals surface area (Å²) in [5.74, 6) is 2.49. The first-order valence-corrected chi connectivity index (χ1v) is 12.4. The fourth-order valence-corrected chi connectivity index (χ4v) is 4.09. The Bertz CT molecular complexity index is 1460. The van der Waals surface area contributed by atoms with Crippen molar-refractivity contribution < 1.29 is 23.7 Å². The molecule has 0 aliphatic carbocycles. The molecule has 1 aromatic heterocycles. The number of pyridine rings is 1. The van der Waals surface area contributed by atoms with E-state index in [4.69, 9.17) is 18.9 Å².